The Bertz CT molecular complexity index is 1620. The molecule has 1 saturated heterocycles. The summed E-state index contributed by atoms with van der Waals surface area (Å²) >= 11 is 11.4. The van der Waals surface area contributed by atoms with Crippen LogP contribution in [0, 0.1) is 10.1 Å². The van der Waals surface area contributed by atoms with Gasteiger partial charge in [0.25, 0.3) is 17.5 Å². The Morgan fingerprint density at radius 1 is 0.974 bits per heavy atom. The number of amides is 2. The summed E-state index contributed by atoms with van der Waals surface area (Å²) in [7, 11) is 0. The number of nitro groups is 1. The number of nitrogens with zero attached hydrogens (tertiary/aromatic N) is 2. The summed E-state index contributed by atoms with van der Waals surface area (Å²) in [5.41, 5.74) is 0.498. The molecular formula is C27H16ClN3O6S. The van der Waals surface area contributed by atoms with Crippen molar-refractivity contribution >= 4 is 58.2 Å². The highest BCUT2D eigenvalue weighted by molar-refractivity contribution is 7.80. The van der Waals surface area contributed by atoms with Gasteiger partial charge in [-0.3, -0.25) is 29.9 Å². The number of non-ortho nitro benzene ring substituents is 1. The minimum atomic E-state index is -0.674. The van der Waals surface area contributed by atoms with Gasteiger partial charge >= 0.3 is 0 Å². The maximum absolute atomic E-state index is 13.3. The maximum Gasteiger partial charge on any atom is 0.270 e. The number of nitrogens with one attached hydrogen (secondary N) is 1. The number of hydrogen-bond donors (Lipinski definition) is 1. The molecule has 1 aliphatic rings. The first-order valence-electron chi connectivity index (χ1n) is 11.1. The number of para-hydroxylation sites is 1. The zero-order valence-electron chi connectivity index (χ0n) is 19.3. The van der Waals surface area contributed by atoms with Gasteiger partial charge < -0.3 is 9.15 Å². The third kappa shape index (κ3) is 5.03. The SMILES string of the molecule is O=C1NC(=S)N(c2ccc(Oc3ccccc3)cc2)C(=O)C1=Cc1ccc(-c2ccc([N+](=O)[O-])cc2Cl)o1. The largest absolute Gasteiger partial charge is 0.457 e. The molecule has 38 heavy (non-hydrogen) atoms. The molecular weight excluding hydrogens is 530 g/mol. The van der Waals surface area contributed by atoms with E-state index in [9.17, 15) is 19.7 Å². The summed E-state index contributed by atoms with van der Waals surface area (Å²) in [6.45, 7) is 0. The lowest BCUT2D eigenvalue weighted by Crippen LogP contribution is -2.54. The highest BCUT2D eigenvalue weighted by Crippen LogP contribution is 2.33. The monoisotopic (exact) mass is 545 g/mol. The number of benzene rings is 3. The fourth-order valence-corrected chi connectivity index (χ4v) is 4.26. The van der Waals surface area contributed by atoms with Crippen LogP contribution in [0.4, 0.5) is 11.4 Å². The van der Waals surface area contributed by atoms with Crippen LogP contribution >= 0.6 is 23.8 Å². The van der Waals surface area contributed by atoms with E-state index in [0.717, 1.165) is 0 Å². The molecule has 11 heteroatoms. The number of anilines is 1. The van der Waals surface area contributed by atoms with E-state index in [4.69, 9.17) is 33.0 Å². The number of halogens is 1. The zero-order chi connectivity index (χ0) is 26.8. The minimum absolute atomic E-state index is 0.0633. The van der Waals surface area contributed by atoms with Crippen molar-refractivity contribution in [1.82, 2.24) is 5.32 Å². The smallest absolute Gasteiger partial charge is 0.270 e. The summed E-state index contributed by atoms with van der Waals surface area (Å²) in [6, 6.07) is 23.0. The second-order valence-electron chi connectivity index (χ2n) is 7.99. The summed E-state index contributed by atoms with van der Waals surface area (Å²) in [4.78, 5) is 37.5. The predicted octanol–water partition coefficient (Wildman–Crippen LogP) is 6.13. The van der Waals surface area contributed by atoms with Gasteiger partial charge in [0, 0.05) is 17.7 Å². The first-order valence-corrected chi connectivity index (χ1v) is 11.9. The Kier molecular flexibility index (Phi) is 6.73. The number of hydrogen-bond acceptors (Lipinski definition) is 7. The van der Waals surface area contributed by atoms with Crippen molar-refractivity contribution in [2.75, 3.05) is 4.90 Å². The van der Waals surface area contributed by atoms with Crippen molar-refractivity contribution in [3.05, 3.63) is 111 Å². The van der Waals surface area contributed by atoms with Gasteiger partial charge in [-0.1, -0.05) is 29.8 Å². The van der Waals surface area contributed by atoms with E-state index >= 15 is 0 Å². The Balaban J connectivity index is 1.39. The van der Waals surface area contributed by atoms with Crippen LogP contribution in [0.25, 0.3) is 17.4 Å². The van der Waals surface area contributed by atoms with Crippen LogP contribution in [-0.4, -0.2) is 21.9 Å². The van der Waals surface area contributed by atoms with Gasteiger partial charge in [-0.2, -0.15) is 0 Å². The lowest BCUT2D eigenvalue weighted by atomic mass is 10.1. The van der Waals surface area contributed by atoms with Gasteiger partial charge in [-0.05, 0) is 72.9 Å². The van der Waals surface area contributed by atoms with Crippen LogP contribution in [-0.2, 0) is 9.59 Å². The number of thiocarbonyl (C=S) groups is 1. The Hall–Kier alpha value is -4.80. The number of furan rings is 1. The summed E-state index contributed by atoms with van der Waals surface area (Å²) in [6.07, 6.45) is 1.29. The van der Waals surface area contributed by atoms with Crippen molar-refractivity contribution in [2.45, 2.75) is 0 Å². The van der Waals surface area contributed by atoms with Crippen LogP contribution < -0.4 is 15.0 Å². The van der Waals surface area contributed by atoms with Gasteiger partial charge in [-0.25, -0.2) is 0 Å². The normalized spacial score (nSPS) is 14.5. The first kappa shape index (κ1) is 24.9. The molecule has 1 aliphatic heterocycles. The molecule has 5 rings (SSSR count). The lowest BCUT2D eigenvalue weighted by Gasteiger charge is -2.28. The second-order valence-corrected chi connectivity index (χ2v) is 8.78. The molecule has 0 unspecified atom stereocenters. The van der Waals surface area contributed by atoms with Gasteiger partial charge in [0.05, 0.1) is 15.6 Å². The quantitative estimate of drug-likeness (QED) is 0.102. The number of nitro benzene ring substituents is 1. The van der Waals surface area contributed by atoms with Crippen LogP contribution in [0.2, 0.25) is 5.02 Å². The number of carbonyl (C=O) groups excluding carboxylic acids is 2. The molecule has 188 valence electrons. The van der Waals surface area contributed by atoms with E-state index in [2.05, 4.69) is 5.32 Å². The van der Waals surface area contributed by atoms with E-state index in [-0.39, 0.29) is 27.2 Å². The van der Waals surface area contributed by atoms with E-state index < -0.39 is 16.7 Å². The van der Waals surface area contributed by atoms with Crippen molar-refractivity contribution in [3.63, 3.8) is 0 Å². The van der Waals surface area contributed by atoms with Gasteiger partial charge in [0.2, 0.25) is 0 Å². The van der Waals surface area contributed by atoms with E-state index in [1.807, 2.05) is 30.3 Å². The first-order chi connectivity index (χ1) is 18.3. The highest BCUT2D eigenvalue weighted by Gasteiger charge is 2.34. The molecule has 9 nitrogen and oxygen atoms in total. The minimum Gasteiger partial charge on any atom is -0.457 e. The molecule has 1 aromatic heterocycles. The van der Waals surface area contributed by atoms with Crippen LogP contribution in [0.15, 0.2) is 94.9 Å². The molecule has 0 spiro atoms. The zero-order valence-corrected chi connectivity index (χ0v) is 20.9. The van der Waals surface area contributed by atoms with Crippen molar-refractivity contribution in [3.8, 4) is 22.8 Å². The Morgan fingerprint density at radius 2 is 1.68 bits per heavy atom. The summed E-state index contributed by atoms with van der Waals surface area (Å²) in [5, 5.41) is 13.5. The molecule has 0 aliphatic carbocycles. The average Bonchev–Trinajstić information content (AvgIpc) is 3.36. The van der Waals surface area contributed by atoms with Crippen LogP contribution in [0.5, 0.6) is 11.5 Å². The van der Waals surface area contributed by atoms with Crippen LogP contribution in [0.3, 0.4) is 0 Å². The third-order valence-electron chi connectivity index (χ3n) is 5.52. The Labute approximate surface area is 226 Å². The standard InChI is InChI=1S/C27H16ClN3O6S/c28-23-14-17(31(34)35)8-12-21(23)24-13-11-20(37-24)15-22-25(32)29-27(38)30(26(22)33)16-6-9-19(10-7-16)36-18-4-2-1-3-5-18/h1-15H,(H,29,32,38). The molecule has 0 bridgehead atoms. The topological polar surface area (TPSA) is 115 Å². The molecule has 1 fully saturated rings. The van der Waals surface area contributed by atoms with E-state index in [0.29, 0.717) is 28.5 Å². The van der Waals surface area contributed by atoms with Crippen molar-refractivity contribution in [1.29, 1.82) is 0 Å². The molecule has 1 N–H and O–H groups in total. The number of carbonyl (C=O) groups is 2. The number of ether oxygens (including phenoxy) is 1. The molecule has 2 heterocycles. The second kappa shape index (κ2) is 10.3. The molecule has 4 aromatic rings. The molecule has 0 atom stereocenters. The molecule has 3 aromatic carbocycles. The fraction of sp³-hybridized carbons (Fsp3) is 0. The predicted molar refractivity (Wildman–Crippen MR) is 145 cm³/mol. The molecule has 0 saturated carbocycles. The third-order valence-corrected chi connectivity index (χ3v) is 6.12. The maximum atomic E-state index is 13.3. The summed E-state index contributed by atoms with van der Waals surface area (Å²) in [5.74, 6) is 0.417. The van der Waals surface area contributed by atoms with Crippen LogP contribution in [0.1, 0.15) is 5.76 Å². The van der Waals surface area contributed by atoms with Gasteiger partial charge in [-0.15, -0.1) is 0 Å². The van der Waals surface area contributed by atoms with Crippen molar-refractivity contribution in [2.24, 2.45) is 0 Å². The highest BCUT2D eigenvalue weighted by atomic mass is 35.5. The van der Waals surface area contributed by atoms with E-state index in [1.165, 1.54) is 29.2 Å². The van der Waals surface area contributed by atoms with E-state index in [1.54, 1.807) is 36.4 Å². The average molecular weight is 546 g/mol. The Morgan fingerprint density at radius 3 is 2.37 bits per heavy atom. The van der Waals surface area contributed by atoms with Gasteiger partial charge in [0.1, 0.15) is 28.6 Å². The number of rotatable bonds is 6. The molecule has 0 radical (unpaired) electrons. The fourth-order valence-electron chi connectivity index (χ4n) is 3.71. The molecule has 2 amide bonds. The summed E-state index contributed by atoms with van der Waals surface area (Å²) < 4.78 is 11.5. The van der Waals surface area contributed by atoms with Gasteiger partial charge in [0.15, 0.2) is 5.11 Å². The van der Waals surface area contributed by atoms with Crippen molar-refractivity contribution < 1.29 is 23.7 Å². The lowest BCUT2D eigenvalue weighted by molar-refractivity contribution is -0.384.